The fraction of sp³-hybridized carbons (Fsp3) is 0.111. The predicted octanol–water partition coefficient (Wildman–Crippen LogP) is 1.21. The molecule has 0 amide bonds. The van der Waals surface area contributed by atoms with Crippen LogP contribution in [0.5, 0.6) is 0 Å². The van der Waals surface area contributed by atoms with E-state index in [0.717, 1.165) is 16.5 Å². The number of benzene rings is 1. The monoisotopic (exact) mass is 191 g/mol. The van der Waals surface area contributed by atoms with Gasteiger partial charge in [-0.2, -0.15) is 5.10 Å². The van der Waals surface area contributed by atoms with Crippen LogP contribution in [0.4, 0.5) is 0 Å². The van der Waals surface area contributed by atoms with E-state index in [1.807, 2.05) is 25.2 Å². The third-order valence-corrected chi connectivity index (χ3v) is 2.28. The van der Waals surface area contributed by atoms with E-state index in [-0.39, 0.29) is 0 Å². The molecule has 1 aromatic carbocycles. The number of thiocarbonyl (C=S) groups is 1. The summed E-state index contributed by atoms with van der Waals surface area (Å²) in [4.78, 5) is 0.415. The largest absolute Gasteiger partial charge is 0.389 e. The van der Waals surface area contributed by atoms with E-state index >= 15 is 0 Å². The molecule has 4 heteroatoms. The fourth-order valence-corrected chi connectivity index (χ4v) is 1.57. The Hall–Kier alpha value is -1.42. The quantitative estimate of drug-likeness (QED) is 0.689. The highest BCUT2D eigenvalue weighted by Gasteiger charge is 2.05. The lowest BCUT2D eigenvalue weighted by Crippen LogP contribution is -2.09. The first kappa shape index (κ1) is 8.19. The molecule has 0 fully saturated rings. The van der Waals surface area contributed by atoms with Crippen LogP contribution in [-0.2, 0) is 7.05 Å². The second kappa shape index (κ2) is 2.81. The molecule has 1 heterocycles. The summed E-state index contributed by atoms with van der Waals surface area (Å²) in [6, 6.07) is 5.83. The minimum atomic E-state index is 0.415. The minimum absolute atomic E-state index is 0.415. The van der Waals surface area contributed by atoms with Crippen LogP contribution in [0.25, 0.3) is 10.9 Å². The Morgan fingerprint density at radius 2 is 2.31 bits per heavy atom. The Balaban J connectivity index is 2.84. The lowest BCUT2D eigenvalue weighted by molar-refractivity contribution is 0.797. The van der Waals surface area contributed by atoms with Crippen LogP contribution >= 0.6 is 12.2 Å². The molecule has 0 unspecified atom stereocenters. The standard InChI is InChI=1S/C9H9N3S/c1-12-8-4-2-3-6(9(10)13)7(8)5-11-12/h2-5H,1H3,(H2,10,13). The Kier molecular flexibility index (Phi) is 1.77. The molecule has 3 nitrogen and oxygen atoms in total. The molecule has 2 N–H and O–H groups in total. The van der Waals surface area contributed by atoms with E-state index in [9.17, 15) is 0 Å². The zero-order valence-corrected chi connectivity index (χ0v) is 8.01. The van der Waals surface area contributed by atoms with E-state index < -0.39 is 0 Å². The molecule has 0 radical (unpaired) electrons. The summed E-state index contributed by atoms with van der Waals surface area (Å²) in [7, 11) is 1.89. The van der Waals surface area contributed by atoms with Gasteiger partial charge in [0.05, 0.1) is 11.7 Å². The van der Waals surface area contributed by atoms with Crippen molar-refractivity contribution in [2.24, 2.45) is 12.8 Å². The second-order valence-electron chi connectivity index (χ2n) is 2.87. The average Bonchev–Trinajstić information content (AvgIpc) is 2.48. The van der Waals surface area contributed by atoms with Crippen LogP contribution < -0.4 is 5.73 Å². The van der Waals surface area contributed by atoms with Crippen molar-refractivity contribution in [3.63, 3.8) is 0 Å². The topological polar surface area (TPSA) is 43.8 Å². The molecule has 0 saturated carbocycles. The van der Waals surface area contributed by atoms with Gasteiger partial charge in [0.25, 0.3) is 0 Å². The van der Waals surface area contributed by atoms with E-state index in [4.69, 9.17) is 18.0 Å². The second-order valence-corrected chi connectivity index (χ2v) is 3.31. The lowest BCUT2D eigenvalue weighted by atomic mass is 10.1. The van der Waals surface area contributed by atoms with Crippen LogP contribution in [0.3, 0.4) is 0 Å². The van der Waals surface area contributed by atoms with Crippen LogP contribution in [0.15, 0.2) is 24.4 Å². The van der Waals surface area contributed by atoms with Gasteiger partial charge in [-0.05, 0) is 6.07 Å². The molecular weight excluding hydrogens is 182 g/mol. The molecule has 0 saturated heterocycles. The molecule has 66 valence electrons. The summed E-state index contributed by atoms with van der Waals surface area (Å²) in [5, 5.41) is 5.15. The van der Waals surface area contributed by atoms with E-state index in [1.165, 1.54) is 0 Å². The number of fused-ring (bicyclic) bond motifs is 1. The van der Waals surface area contributed by atoms with Gasteiger partial charge in [0, 0.05) is 18.0 Å². The number of nitrogens with two attached hydrogens (primary N) is 1. The third kappa shape index (κ3) is 1.19. The number of nitrogens with zero attached hydrogens (tertiary/aromatic N) is 2. The van der Waals surface area contributed by atoms with Crippen molar-refractivity contribution in [1.82, 2.24) is 9.78 Å². The number of hydrogen-bond acceptors (Lipinski definition) is 2. The first-order valence-electron chi connectivity index (χ1n) is 3.90. The summed E-state index contributed by atoms with van der Waals surface area (Å²) in [6.45, 7) is 0. The summed E-state index contributed by atoms with van der Waals surface area (Å²) in [5.74, 6) is 0. The molecule has 0 spiro atoms. The Morgan fingerprint density at radius 1 is 1.54 bits per heavy atom. The summed E-state index contributed by atoms with van der Waals surface area (Å²) in [6.07, 6.45) is 1.78. The Labute approximate surface area is 81.1 Å². The minimum Gasteiger partial charge on any atom is -0.389 e. The third-order valence-electron chi connectivity index (χ3n) is 2.06. The lowest BCUT2D eigenvalue weighted by Gasteiger charge is -1.99. The first-order chi connectivity index (χ1) is 6.20. The van der Waals surface area contributed by atoms with Crippen molar-refractivity contribution in [2.45, 2.75) is 0 Å². The molecule has 0 bridgehead atoms. The van der Waals surface area contributed by atoms with Gasteiger partial charge in [-0.3, -0.25) is 4.68 Å². The molecule has 0 aliphatic carbocycles. The van der Waals surface area contributed by atoms with Gasteiger partial charge >= 0.3 is 0 Å². The number of hydrogen-bond donors (Lipinski definition) is 1. The average molecular weight is 191 g/mol. The van der Waals surface area contributed by atoms with Crippen molar-refractivity contribution >= 4 is 28.1 Å². The molecule has 1 aromatic heterocycles. The maximum atomic E-state index is 5.58. The van der Waals surface area contributed by atoms with Crippen LogP contribution in [0.2, 0.25) is 0 Å². The highest BCUT2D eigenvalue weighted by Crippen LogP contribution is 2.17. The molecule has 13 heavy (non-hydrogen) atoms. The van der Waals surface area contributed by atoms with Gasteiger partial charge in [-0.15, -0.1) is 0 Å². The number of aryl methyl sites for hydroxylation is 1. The van der Waals surface area contributed by atoms with Crippen molar-refractivity contribution in [3.05, 3.63) is 30.0 Å². The SMILES string of the molecule is Cn1ncc2c(C(N)=S)cccc21. The maximum Gasteiger partial charge on any atom is 0.104 e. The Bertz CT molecular complexity index is 473. The molecule has 0 aliphatic rings. The van der Waals surface area contributed by atoms with Crippen molar-refractivity contribution in [3.8, 4) is 0 Å². The van der Waals surface area contributed by atoms with Gasteiger partial charge in [-0.25, -0.2) is 0 Å². The highest BCUT2D eigenvalue weighted by atomic mass is 32.1. The zero-order valence-electron chi connectivity index (χ0n) is 7.19. The number of rotatable bonds is 1. The zero-order chi connectivity index (χ0) is 9.42. The highest BCUT2D eigenvalue weighted by molar-refractivity contribution is 7.80. The van der Waals surface area contributed by atoms with E-state index in [1.54, 1.807) is 10.9 Å². The van der Waals surface area contributed by atoms with Crippen LogP contribution in [0.1, 0.15) is 5.56 Å². The van der Waals surface area contributed by atoms with Gasteiger partial charge in [0.15, 0.2) is 0 Å². The predicted molar refractivity (Wildman–Crippen MR) is 56.6 cm³/mol. The summed E-state index contributed by atoms with van der Waals surface area (Å²) < 4.78 is 1.80. The summed E-state index contributed by atoms with van der Waals surface area (Å²) in [5.41, 5.74) is 7.52. The van der Waals surface area contributed by atoms with Crippen LogP contribution in [0, 0.1) is 0 Å². The van der Waals surface area contributed by atoms with E-state index in [0.29, 0.717) is 4.99 Å². The van der Waals surface area contributed by atoms with Gasteiger partial charge in [0.1, 0.15) is 4.99 Å². The molecular formula is C9H9N3S. The molecule has 2 rings (SSSR count). The maximum absolute atomic E-state index is 5.58. The number of aromatic nitrogens is 2. The normalized spacial score (nSPS) is 10.5. The molecule has 2 aromatic rings. The van der Waals surface area contributed by atoms with Crippen molar-refractivity contribution < 1.29 is 0 Å². The molecule has 0 atom stereocenters. The van der Waals surface area contributed by atoms with Crippen LogP contribution in [-0.4, -0.2) is 14.8 Å². The van der Waals surface area contributed by atoms with Crippen molar-refractivity contribution in [2.75, 3.05) is 0 Å². The fourth-order valence-electron chi connectivity index (χ4n) is 1.39. The smallest absolute Gasteiger partial charge is 0.104 e. The van der Waals surface area contributed by atoms with Gasteiger partial charge in [-0.1, -0.05) is 24.4 Å². The van der Waals surface area contributed by atoms with E-state index in [2.05, 4.69) is 5.10 Å². The van der Waals surface area contributed by atoms with Gasteiger partial charge < -0.3 is 5.73 Å². The first-order valence-corrected chi connectivity index (χ1v) is 4.31. The van der Waals surface area contributed by atoms with Crippen molar-refractivity contribution in [1.29, 1.82) is 0 Å². The molecule has 0 aliphatic heterocycles. The Morgan fingerprint density at radius 3 is 3.00 bits per heavy atom. The summed E-state index contributed by atoms with van der Waals surface area (Å²) >= 11 is 4.94. The van der Waals surface area contributed by atoms with Gasteiger partial charge in [0.2, 0.25) is 0 Å².